The highest BCUT2D eigenvalue weighted by Gasteiger charge is 2.31. The summed E-state index contributed by atoms with van der Waals surface area (Å²) in [5, 5.41) is 0. The van der Waals surface area contributed by atoms with Gasteiger partial charge in [-0.05, 0) is 39.2 Å². The monoisotopic (exact) mass is 195 g/mol. The lowest BCUT2D eigenvalue weighted by molar-refractivity contribution is -0.121. The Morgan fingerprint density at radius 1 is 1.21 bits per heavy atom. The Balaban J connectivity index is 1.83. The third-order valence-electron chi connectivity index (χ3n) is 3.58. The highest BCUT2D eigenvalue weighted by molar-refractivity contribution is 5.85. The smallest absolute Gasteiger partial charge is 0.149 e. The summed E-state index contributed by atoms with van der Waals surface area (Å²) in [6.45, 7) is 4.14. The maximum atomic E-state index is 11.7. The van der Waals surface area contributed by atoms with Crippen molar-refractivity contribution in [3.63, 3.8) is 0 Å². The van der Waals surface area contributed by atoms with E-state index in [1.54, 1.807) is 0 Å². The molecule has 1 aliphatic heterocycles. The lowest BCUT2D eigenvalue weighted by Crippen LogP contribution is -2.37. The number of hydrogen-bond acceptors (Lipinski definition) is 2. The van der Waals surface area contributed by atoms with Gasteiger partial charge in [-0.25, -0.2) is 0 Å². The Hall–Kier alpha value is -0.370. The van der Waals surface area contributed by atoms with E-state index in [0.717, 1.165) is 25.9 Å². The van der Waals surface area contributed by atoms with Crippen molar-refractivity contribution in [3.05, 3.63) is 0 Å². The molecule has 80 valence electrons. The van der Waals surface area contributed by atoms with Gasteiger partial charge in [-0.3, -0.25) is 9.69 Å². The molecule has 0 aromatic rings. The Morgan fingerprint density at radius 3 is 2.71 bits per heavy atom. The molecule has 0 spiro atoms. The van der Waals surface area contributed by atoms with Crippen molar-refractivity contribution < 1.29 is 4.79 Å². The van der Waals surface area contributed by atoms with Crippen LogP contribution in [0.15, 0.2) is 0 Å². The number of likely N-dealkylation sites (tertiary alicyclic amines) is 1. The van der Waals surface area contributed by atoms with Crippen molar-refractivity contribution in [2.24, 2.45) is 5.92 Å². The highest BCUT2D eigenvalue weighted by Crippen LogP contribution is 2.30. The van der Waals surface area contributed by atoms with E-state index in [1.165, 1.54) is 25.7 Å². The Kier molecular flexibility index (Phi) is 3.22. The van der Waals surface area contributed by atoms with E-state index in [-0.39, 0.29) is 0 Å². The van der Waals surface area contributed by atoms with Gasteiger partial charge in [-0.15, -0.1) is 0 Å². The minimum Gasteiger partial charge on any atom is -0.298 e. The summed E-state index contributed by atoms with van der Waals surface area (Å²) < 4.78 is 0. The van der Waals surface area contributed by atoms with Crippen LogP contribution in [-0.2, 0) is 4.79 Å². The molecule has 14 heavy (non-hydrogen) atoms. The first-order chi connectivity index (χ1) is 6.77. The fraction of sp³-hybridized carbons (Fsp3) is 0.917. The lowest BCUT2D eigenvalue weighted by Gasteiger charge is -2.25. The van der Waals surface area contributed by atoms with Crippen LogP contribution < -0.4 is 0 Å². The second-order valence-electron chi connectivity index (χ2n) is 4.91. The van der Waals surface area contributed by atoms with Crippen molar-refractivity contribution in [2.75, 3.05) is 13.1 Å². The summed E-state index contributed by atoms with van der Waals surface area (Å²) in [5.41, 5.74) is 0. The van der Waals surface area contributed by atoms with E-state index in [1.807, 2.05) is 0 Å². The van der Waals surface area contributed by atoms with E-state index in [2.05, 4.69) is 11.8 Å². The number of nitrogens with zero attached hydrogens (tertiary/aromatic N) is 1. The van der Waals surface area contributed by atoms with Crippen LogP contribution in [0.2, 0.25) is 0 Å². The van der Waals surface area contributed by atoms with Gasteiger partial charge >= 0.3 is 0 Å². The molecule has 0 bridgehead atoms. The van der Waals surface area contributed by atoms with Crippen LogP contribution in [0.1, 0.15) is 45.4 Å². The van der Waals surface area contributed by atoms with E-state index in [4.69, 9.17) is 0 Å². The van der Waals surface area contributed by atoms with Gasteiger partial charge in [0.15, 0.2) is 0 Å². The number of hydrogen-bond donors (Lipinski definition) is 0. The molecule has 0 amide bonds. The van der Waals surface area contributed by atoms with E-state index < -0.39 is 0 Å². The fourth-order valence-corrected chi connectivity index (χ4v) is 2.30. The molecule has 1 saturated heterocycles. The number of carbonyl (C=O) groups excluding carboxylic acids is 1. The van der Waals surface area contributed by atoms with E-state index in [0.29, 0.717) is 17.7 Å². The second kappa shape index (κ2) is 4.43. The summed E-state index contributed by atoms with van der Waals surface area (Å²) in [6.07, 6.45) is 7.55. The zero-order chi connectivity index (χ0) is 9.97. The molecular formula is C12H21NO. The van der Waals surface area contributed by atoms with Crippen molar-refractivity contribution in [3.8, 4) is 0 Å². The summed E-state index contributed by atoms with van der Waals surface area (Å²) in [6, 6.07) is 0.625. The molecule has 2 rings (SSSR count). The maximum Gasteiger partial charge on any atom is 0.149 e. The Morgan fingerprint density at radius 2 is 2.00 bits per heavy atom. The second-order valence-corrected chi connectivity index (χ2v) is 4.91. The summed E-state index contributed by atoms with van der Waals surface area (Å²) in [7, 11) is 0. The molecule has 0 aromatic heterocycles. The third kappa shape index (κ3) is 2.57. The van der Waals surface area contributed by atoms with Gasteiger partial charge in [-0.2, -0.15) is 0 Å². The van der Waals surface area contributed by atoms with Crippen LogP contribution in [-0.4, -0.2) is 29.8 Å². The molecular weight excluding hydrogens is 174 g/mol. The van der Waals surface area contributed by atoms with Crippen LogP contribution in [0.5, 0.6) is 0 Å². The molecule has 1 aliphatic carbocycles. The summed E-state index contributed by atoms with van der Waals surface area (Å²) in [4.78, 5) is 14.1. The average Bonchev–Trinajstić information content (AvgIpc) is 2.95. The summed E-state index contributed by atoms with van der Waals surface area (Å²) >= 11 is 0. The largest absolute Gasteiger partial charge is 0.298 e. The predicted octanol–water partition coefficient (Wildman–Crippen LogP) is 2.23. The van der Waals surface area contributed by atoms with Gasteiger partial charge in [0.05, 0.1) is 6.54 Å². The maximum absolute atomic E-state index is 11.7. The zero-order valence-electron chi connectivity index (χ0n) is 9.17. The van der Waals surface area contributed by atoms with Crippen LogP contribution in [0, 0.1) is 5.92 Å². The van der Waals surface area contributed by atoms with Gasteiger partial charge in [-0.1, -0.05) is 12.8 Å². The first-order valence-electron chi connectivity index (χ1n) is 6.04. The molecule has 2 heteroatoms. The predicted molar refractivity (Wildman–Crippen MR) is 57.2 cm³/mol. The topological polar surface area (TPSA) is 20.3 Å². The van der Waals surface area contributed by atoms with Crippen molar-refractivity contribution in [2.45, 2.75) is 51.5 Å². The summed E-state index contributed by atoms with van der Waals surface area (Å²) in [5.74, 6) is 0.934. The number of carbonyl (C=O) groups is 1. The standard InChI is InChI=1S/C12H21NO/c1-10-5-3-2-4-8-13(10)9-12(14)11-6-7-11/h10-11H,2-9H2,1H3. The fourth-order valence-electron chi connectivity index (χ4n) is 2.30. The van der Waals surface area contributed by atoms with Gasteiger partial charge in [0.25, 0.3) is 0 Å². The normalized spacial score (nSPS) is 29.9. The lowest BCUT2D eigenvalue weighted by atomic mass is 10.1. The van der Waals surface area contributed by atoms with Crippen LogP contribution in [0.25, 0.3) is 0 Å². The van der Waals surface area contributed by atoms with Gasteiger partial charge < -0.3 is 0 Å². The highest BCUT2D eigenvalue weighted by atomic mass is 16.1. The first-order valence-corrected chi connectivity index (χ1v) is 6.04. The molecule has 1 heterocycles. The molecule has 0 N–H and O–H groups in total. The zero-order valence-corrected chi connectivity index (χ0v) is 9.17. The molecule has 2 fully saturated rings. The van der Waals surface area contributed by atoms with Crippen LogP contribution >= 0.6 is 0 Å². The minimum atomic E-state index is 0.436. The van der Waals surface area contributed by atoms with Gasteiger partial charge in [0, 0.05) is 12.0 Å². The van der Waals surface area contributed by atoms with Crippen LogP contribution in [0.3, 0.4) is 0 Å². The van der Waals surface area contributed by atoms with Crippen molar-refractivity contribution in [1.82, 2.24) is 4.90 Å². The number of rotatable bonds is 3. The van der Waals surface area contributed by atoms with Crippen molar-refractivity contribution >= 4 is 5.78 Å². The number of ketones is 1. The molecule has 1 unspecified atom stereocenters. The molecule has 0 aromatic carbocycles. The molecule has 0 radical (unpaired) electrons. The number of Topliss-reactive ketones (excluding diaryl/α,β-unsaturated/α-hetero) is 1. The first kappa shape index (κ1) is 10.2. The quantitative estimate of drug-likeness (QED) is 0.688. The SMILES string of the molecule is CC1CCCCCN1CC(=O)C1CC1. The van der Waals surface area contributed by atoms with E-state index >= 15 is 0 Å². The van der Waals surface area contributed by atoms with Crippen LogP contribution in [0.4, 0.5) is 0 Å². The average molecular weight is 195 g/mol. The minimum absolute atomic E-state index is 0.436. The molecule has 2 aliphatic rings. The molecule has 1 saturated carbocycles. The van der Waals surface area contributed by atoms with Gasteiger partial charge in [0.1, 0.15) is 5.78 Å². The van der Waals surface area contributed by atoms with Crippen molar-refractivity contribution in [1.29, 1.82) is 0 Å². The molecule has 2 nitrogen and oxygen atoms in total. The molecule has 1 atom stereocenters. The Labute approximate surface area is 86.7 Å². The van der Waals surface area contributed by atoms with E-state index in [9.17, 15) is 4.79 Å². The Bertz CT molecular complexity index is 210. The van der Waals surface area contributed by atoms with Gasteiger partial charge in [0.2, 0.25) is 0 Å². The third-order valence-corrected chi connectivity index (χ3v) is 3.58.